The van der Waals surface area contributed by atoms with Crippen LogP contribution in [0.5, 0.6) is 0 Å². The number of carbonyl (C=O) groups is 1. The Bertz CT molecular complexity index is 1220. The highest BCUT2D eigenvalue weighted by Gasteiger charge is 2.20. The summed E-state index contributed by atoms with van der Waals surface area (Å²) in [6, 6.07) is 22.9. The van der Waals surface area contributed by atoms with Crippen LogP contribution in [0.1, 0.15) is 5.56 Å². The van der Waals surface area contributed by atoms with E-state index in [1.807, 2.05) is 36.4 Å². The smallest absolute Gasteiger partial charge is 0.254 e. The minimum Gasteiger partial charge on any atom is -0.272 e. The van der Waals surface area contributed by atoms with E-state index in [0.29, 0.717) is 21.6 Å². The van der Waals surface area contributed by atoms with Crippen LogP contribution < -0.4 is 5.48 Å². The zero-order valence-corrected chi connectivity index (χ0v) is 18.3. The predicted octanol–water partition coefficient (Wildman–Crippen LogP) is 5.07. The van der Waals surface area contributed by atoms with Crippen molar-refractivity contribution >= 4 is 29.3 Å². The Morgan fingerprint density at radius 1 is 1.00 bits per heavy atom. The van der Waals surface area contributed by atoms with Crippen LogP contribution in [0.2, 0.25) is 5.02 Å². The van der Waals surface area contributed by atoms with Crippen molar-refractivity contribution < 1.29 is 14.0 Å². The van der Waals surface area contributed by atoms with Gasteiger partial charge < -0.3 is 0 Å². The van der Waals surface area contributed by atoms with Crippen molar-refractivity contribution in [3.8, 4) is 17.1 Å². The van der Waals surface area contributed by atoms with Gasteiger partial charge in [-0.2, -0.15) is 0 Å². The number of hydrogen-bond acceptors (Lipinski definition) is 5. The number of hydroxylamine groups is 1. The highest BCUT2D eigenvalue weighted by Crippen LogP contribution is 2.32. The average Bonchev–Trinajstić information content (AvgIpc) is 3.22. The normalized spacial score (nSPS) is 10.8. The summed E-state index contributed by atoms with van der Waals surface area (Å²) in [5.74, 6) is -0.417. The largest absolute Gasteiger partial charge is 0.272 e. The molecule has 0 atom stereocenters. The third-order valence-electron chi connectivity index (χ3n) is 4.44. The number of rotatable bonds is 8. The number of nitrogens with zero attached hydrogens (tertiary/aromatic N) is 3. The Labute approximate surface area is 193 Å². The highest BCUT2D eigenvalue weighted by atomic mass is 35.5. The summed E-state index contributed by atoms with van der Waals surface area (Å²) >= 11 is 7.45. The molecule has 1 amide bonds. The summed E-state index contributed by atoms with van der Waals surface area (Å²) in [4.78, 5) is 17.5. The first-order valence-electron chi connectivity index (χ1n) is 9.66. The van der Waals surface area contributed by atoms with E-state index in [2.05, 4.69) is 15.7 Å². The molecule has 1 N–H and O–H groups in total. The minimum atomic E-state index is -0.446. The van der Waals surface area contributed by atoms with E-state index < -0.39 is 5.82 Å². The molecule has 0 aliphatic carbocycles. The third kappa shape index (κ3) is 5.16. The first-order valence-corrected chi connectivity index (χ1v) is 11.0. The van der Waals surface area contributed by atoms with Gasteiger partial charge in [0, 0.05) is 5.56 Å². The quantitative estimate of drug-likeness (QED) is 0.289. The first kappa shape index (κ1) is 22.0. The summed E-state index contributed by atoms with van der Waals surface area (Å²) in [5, 5.41) is 9.21. The van der Waals surface area contributed by atoms with Crippen LogP contribution in [0.4, 0.5) is 4.39 Å². The molecule has 0 unspecified atom stereocenters. The Kier molecular flexibility index (Phi) is 7.16. The predicted molar refractivity (Wildman–Crippen MR) is 122 cm³/mol. The van der Waals surface area contributed by atoms with Crippen LogP contribution in [-0.4, -0.2) is 26.4 Å². The third-order valence-corrected chi connectivity index (χ3v) is 5.70. The van der Waals surface area contributed by atoms with E-state index in [-0.39, 0.29) is 24.0 Å². The van der Waals surface area contributed by atoms with Gasteiger partial charge in [-0.05, 0) is 29.8 Å². The topological polar surface area (TPSA) is 69.0 Å². The van der Waals surface area contributed by atoms with Crippen molar-refractivity contribution in [3.05, 3.63) is 95.3 Å². The standard InChI is InChI=1S/C23H18ClFN4O2S/c24-18-11-5-4-10-17(18)22-26-27-23(29(22)20-13-7-6-12-19(20)25)32-15-21(30)28-31-14-16-8-2-1-3-9-16/h1-13H,14-15H2,(H,28,30). The average molecular weight is 469 g/mol. The fourth-order valence-corrected chi connectivity index (χ4v) is 3.92. The lowest BCUT2D eigenvalue weighted by molar-refractivity contribution is -0.131. The Morgan fingerprint density at radius 3 is 2.50 bits per heavy atom. The van der Waals surface area contributed by atoms with Gasteiger partial charge in [-0.1, -0.05) is 78.0 Å². The van der Waals surface area contributed by atoms with Crippen molar-refractivity contribution in [1.29, 1.82) is 0 Å². The molecule has 32 heavy (non-hydrogen) atoms. The number of amides is 1. The second kappa shape index (κ2) is 10.4. The first-order chi connectivity index (χ1) is 15.6. The molecule has 4 aromatic rings. The van der Waals surface area contributed by atoms with E-state index in [1.165, 1.54) is 6.07 Å². The lowest BCUT2D eigenvalue weighted by Gasteiger charge is -2.12. The molecule has 0 aliphatic rings. The molecule has 1 heterocycles. The molecule has 0 saturated heterocycles. The van der Waals surface area contributed by atoms with E-state index >= 15 is 0 Å². The summed E-state index contributed by atoms with van der Waals surface area (Å²) in [7, 11) is 0. The van der Waals surface area contributed by atoms with Crippen LogP contribution >= 0.6 is 23.4 Å². The van der Waals surface area contributed by atoms with Gasteiger partial charge in [0.2, 0.25) is 0 Å². The molecule has 6 nitrogen and oxygen atoms in total. The molecule has 9 heteroatoms. The molecule has 4 rings (SSSR count). The van der Waals surface area contributed by atoms with Crippen LogP contribution in [-0.2, 0) is 16.2 Å². The molecule has 0 fully saturated rings. The number of nitrogens with one attached hydrogen (secondary N) is 1. The van der Waals surface area contributed by atoms with Crippen molar-refractivity contribution in [2.45, 2.75) is 11.8 Å². The SMILES string of the molecule is O=C(CSc1nnc(-c2ccccc2Cl)n1-c1ccccc1F)NOCc1ccccc1. The Hall–Kier alpha value is -3.20. The number of para-hydroxylation sites is 1. The number of aromatic nitrogens is 3. The number of halogens is 2. The summed E-state index contributed by atoms with van der Waals surface area (Å²) in [6.07, 6.45) is 0. The van der Waals surface area contributed by atoms with Crippen molar-refractivity contribution in [1.82, 2.24) is 20.2 Å². The van der Waals surface area contributed by atoms with E-state index in [1.54, 1.807) is 41.0 Å². The number of thioether (sulfide) groups is 1. The van der Waals surface area contributed by atoms with E-state index in [0.717, 1.165) is 17.3 Å². The summed E-state index contributed by atoms with van der Waals surface area (Å²) < 4.78 is 16.2. The van der Waals surface area contributed by atoms with Gasteiger partial charge >= 0.3 is 0 Å². The second-order valence-corrected chi connectivity index (χ2v) is 8.01. The molecule has 1 aromatic heterocycles. The van der Waals surface area contributed by atoms with Gasteiger partial charge in [0.1, 0.15) is 5.82 Å². The zero-order chi connectivity index (χ0) is 22.3. The molecule has 0 spiro atoms. The fourth-order valence-electron chi connectivity index (χ4n) is 2.96. The minimum absolute atomic E-state index is 0.00387. The molecule has 162 valence electrons. The van der Waals surface area contributed by atoms with Crippen molar-refractivity contribution in [2.75, 3.05) is 5.75 Å². The zero-order valence-electron chi connectivity index (χ0n) is 16.7. The lowest BCUT2D eigenvalue weighted by Crippen LogP contribution is -2.25. The van der Waals surface area contributed by atoms with E-state index in [9.17, 15) is 9.18 Å². The van der Waals surface area contributed by atoms with Gasteiger partial charge in [-0.3, -0.25) is 14.2 Å². The van der Waals surface area contributed by atoms with Crippen LogP contribution in [0.3, 0.4) is 0 Å². The van der Waals surface area contributed by atoms with Crippen LogP contribution in [0.15, 0.2) is 84.0 Å². The number of carbonyl (C=O) groups excluding carboxylic acids is 1. The number of hydrogen-bond donors (Lipinski definition) is 1. The van der Waals surface area contributed by atoms with Crippen molar-refractivity contribution in [3.63, 3.8) is 0 Å². The maximum atomic E-state index is 14.6. The van der Waals surface area contributed by atoms with E-state index in [4.69, 9.17) is 16.4 Å². The molecule has 0 radical (unpaired) electrons. The van der Waals surface area contributed by atoms with Gasteiger partial charge in [0.05, 0.1) is 23.1 Å². The molecule has 3 aromatic carbocycles. The molecule has 0 saturated carbocycles. The lowest BCUT2D eigenvalue weighted by atomic mass is 10.2. The van der Waals surface area contributed by atoms with Gasteiger partial charge in [0.25, 0.3) is 5.91 Å². The molecular weight excluding hydrogens is 451 g/mol. The maximum absolute atomic E-state index is 14.6. The molecule has 0 aliphatic heterocycles. The number of benzene rings is 3. The second-order valence-electron chi connectivity index (χ2n) is 6.66. The highest BCUT2D eigenvalue weighted by molar-refractivity contribution is 7.99. The van der Waals surface area contributed by atoms with Gasteiger partial charge in [-0.15, -0.1) is 10.2 Å². The summed E-state index contributed by atoms with van der Waals surface area (Å²) in [6.45, 7) is 0.249. The van der Waals surface area contributed by atoms with Crippen molar-refractivity contribution in [2.24, 2.45) is 0 Å². The van der Waals surface area contributed by atoms with Gasteiger partial charge in [-0.25, -0.2) is 9.87 Å². The summed E-state index contributed by atoms with van der Waals surface area (Å²) in [5.41, 5.74) is 4.21. The monoisotopic (exact) mass is 468 g/mol. The Balaban J connectivity index is 1.52. The fraction of sp³-hybridized carbons (Fsp3) is 0.0870. The Morgan fingerprint density at radius 2 is 1.72 bits per heavy atom. The van der Waals surface area contributed by atoms with Crippen LogP contribution in [0, 0.1) is 5.82 Å². The molecular formula is C23H18ClFN4O2S. The van der Waals surface area contributed by atoms with Gasteiger partial charge in [0.15, 0.2) is 11.0 Å². The maximum Gasteiger partial charge on any atom is 0.254 e. The van der Waals surface area contributed by atoms with Crippen LogP contribution in [0.25, 0.3) is 17.1 Å². The molecule has 0 bridgehead atoms.